The first-order valence-electron chi connectivity index (χ1n) is 8.26. The van der Waals surface area contributed by atoms with E-state index in [-0.39, 0.29) is 12.0 Å². The average Bonchev–Trinajstić information content (AvgIpc) is 2.92. The molecule has 4 heteroatoms. The van der Waals surface area contributed by atoms with Crippen LogP contribution in [0, 0.1) is 0 Å². The van der Waals surface area contributed by atoms with Crippen LogP contribution < -0.4 is 0 Å². The second-order valence-electron chi connectivity index (χ2n) is 6.24. The zero-order chi connectivity index (χ0) is 16.4. The quantitative estimate of drug-likeness (QED) is 0.785. The van der Waals surface area contributed by atoms with Crippen LogP contribution in [0.15, 0.2) is 61.2 Å². The third-order valence-corrected chi connectivity index (χ3v) is 4.89. The average molecular weight is 317 g/mol. The molecule has 0 fully saturated rings. The van der Waals surface area contributed by atoms with Gasteiger partial charge in [-0.2, -0.15) is 0 Å². The Hall–Kier alpha value is -2.59. The van der Waals surface area contributed by atoms with E-state index in [1.54, 1.807) is 0 Å². The molecule has 0 aliphatic heterocycles. The molecule has 4 nitrogen and oxygen atoms in total. The largest absolute Gasteiger partial charge is 0.396 e. The molecule has 0 spiro atoms. The molecule has 0 aromatic carbocycles. The van der Waals surface area contributed by atoms with Crippen molar-refractivity contribution < 1.29 is 5.11 Å². The number of aromatic nitrogens is 3. The molecule has 0 bridgehead atoms. The van der Waals surface area contributed by atoms with Gasteiger partial charge in [0.1, 0.15) is 0 Å². The summed E-state index contributed by atoms with van der Waals surface area (Å²) in [5.74, 6) is 0. The molecule has 4 rings (SSSR count). The van der Waals surface area contributed by atoms with Gasteiger partial charge in [-0.15, -0.1) is 0 Å². The predicted molar refractivity (Wildman–Crippen MR) is 92.5 cm³/mol. The normalized spacial score (nSPS) is 14.2. The molecule has 1 N–H and O–H groups in total. The number of aliphatic hydroxyl groups excluding tert-OH is 1. The minimum absolute atomic E-state index is 0.184. The number of pyridine rings is 3. The molecular formula is C20H19N3O. The Kier molecular flexibility index (Phi) is 3.82. The van der Waals surface area contributed by atoms with Crippen LogP contribution in [0.2, 0.25) is 0 Å². The predicted octanol–water partition coefficient (Wildman–Crippen LogP) is 3.15. The van der Waals surface area contributed by atoms with Gasteiger partial charge in [-0.1, -0.05) is 12.1 Å². The molecule has 120 valence electrons. The smallest absolute Gasteiger partial charge is 0.0930 e. The summed E-state index contributed by atoms with van der Waals surface area (Å²) in [5.41, 5.74) is 5.40. The van der Waals surface area contributed by atoms with Gasteiger partial charge in [0.15, 0.2) is 0 Å². The molecular weight excluding hydrogens is 298 g/mol. The fourth-order valence-electron chi connectivity index (χ4n) is 3.88. The summed E-state index contributed by atoms with van der Waals surface area (Å²) in [4.78, 5) is 13.3. The Labute approximate surface area is 141 Å². The fraction of sp³-hybridized carbons (Fsp3) is 0.250. The van der Waals surface area contributed by atoms with Crippen molar-refractivity contribution in [2.45, 2.75) is 24.7 Å². The summed E-state index contributed by atoms with van der Waals surface area (Å²) in [6, 6.07) is 12.4. The highest BCUT2D eigenvalue weighted by molar-refractivity contribution is 5.75. The van der Waals surface area contributed by atoms with Crippen LogP contribution >= 0.6 is 0 Å². The van der Waals surface area contributed by atoms with E-state index in [1.807, 2.05) is 36.9 Å². The van der Waals surface area contributed by atoms with Crippen LogP contribution in [-0.4, -0.2) is 26.7 Å². The van der Waals surface area contributed by atoms with Gasteiger partial charge in [0.25, 0.3) is 0 Å². The lowest BCUT2D eigenvalue weighted by atomic mass is 9.71. The fourth-order valence-corrected chi connectivity index (χ4v) is 3.88. The van der Waals surface area contributed by atoms with Gasteiger partial charge in [0, 0.05) is 36.8 Å². The molecule has 24 heavy (non-hydrogen) atoms. The van der Waals surface area contributed by atoms with Gasteiger partial charge in [-0.25, -0.2) is 0 Å². The van der Waals surface area contributed by atoms with Gasteiger partial charge in [0.2, 0.25) is 0 Å². The van der Waals surface area contributed by atoms with E-state index < -0.39 is 0 Å². The summed E-state index contributed by atoms with van der Waals surface area (Å²) in [6.45, 7) is 0.184. The zero-order valence-electron chi connectivity index (χ0n) is 13.4. The van der Waals surface area contributed by atoms with Gasteiger partial charge in [-0.05, 0) is 60.2 Å². The van der Waals surface area contributed by atoms with Crippen LogP contribution in [-0.2, 0) is 11.8 Å². The van der Waals surface area contributed by atoms with Gasteiger partial charge >= 0.3 is 0 Å². The second kappa shape index (κ2) is 6.13. The highest BCUT2D eigenvalue weighted by Gasteiger charge is 2.44. The Morgan fingerprint density at radius 2 is 1.46 bits per heavy atom. The van der Waals surface area contributed by atoms with Crippen LogP contribution in [0.5, 0.6) is 0 Å². The highest BCUT2D eigenvalue weighted by atomic mass is 16.2. The van der Waals surface area contributed by atoms with Gasteiger partial charge in [-0.3, -0.25) is 15.0 Å². The Bertz CT molecular complexity index is 803. The Morgan fingerprint density at radius 3 is 2.04 bits per heavy atom. The minimum Gasteiger partial charge on any atom is -0.396 e. The van der Waals surface area contributed by atoms with Crippen LogP contribution in [0.25, 0.3) is 11.4 Å². The minimum atomic E-state index is -0.197. The molecule has 1 aliphatic carbocycles. The first kappa shape index (κ1) is 15.0. The number of hydrogen-bond acceptors (Lipinski definition) is 4. The number of nitrogens with zero attached hydrogens (tertiary/aromatic N) is 3. The third-order valence-electron chi connectivity index (χ3n) is 4.89. The molecule has 0 atom stereocenters. The van der Waals surface area contributed by atoms with E-state index in [0.717, 1.165) is 30.7 Å². The van der Waals surface area contributed by atoms with Crippen molar-refractivity contribution in [3.63, 3.8) is 0 Å². The standard InChI is InChI=1S/C20H19N3O/c24-13-3-8-20(14-15-6-11-21-12-7-15)16-4-1-9-22-18(16)19-17(20)5-2-10-23-19/h1-2,4-7,9-12,24H,3,8,13-14H2. The first-order chi connectivity index (χ1) is 11.8. The van der Waals surface area contributed by atoms with Gasteiger partial charge < -0.3 is 5.11 Å². The van der Waals surface area contributed by atoms with Crippen molar-refractivity contribution in [3.8, 4) is 11.4 Å². The van der Waals surface area contributed by atoms with Crippen molar-refractivity contribution in [1.29, 1.82) is 0 Å². The molecule has 1 aliphatic rings. The Balaban J connectivity index is 1.92. The van der Waals surface area contributed by atoms with Crippen molar-refractivity contribution >= 4 is 0 Å². The van der Waals surface area contributed by atoms with Crippen molar-refractivity contribution in [2.24, 2.45) is 0 Å². The molecule has 0 saturated carbocycles. The lowest BCUT2D eigenvalue weighted by Gasteiger charge is -2.32. The highest BCUT2D eigenvalue weighted by Crippen LogP contribution is 2.51. The van der Waals surface area contributed by atoms with E-state index >= 15 is 0 Å². The molecule has 0 amide bonds. The second-order valence-corrected chi connectivity index (χ2v) is 6.24. The van der Waals surface area contributed by atoms with Crippen molar-refractivity contribution in [1.82, 2.24) is 15.0 Å². The molecule has 3 aromatic rings. The lowest BCUT2D eigenvalue weighted by Crippen LogP contribution is -2.29. The van der Waals surface area contributed by atoms with E-state index in [4.69, 9.17) is 0 Å². The topological polar surface area (TPSA) is 58.9 Å². The lowest BCUT2D eigenvalue weighted by molar-refractivity contribution is 0.269. The molecule has 0 saturated heterocycles. The van der Waals surface area contributed by atoms with E-state index in [9.17, 15) is 5.11 Å². The molecule has 3 aromatic heterocycles. The summed E-state index contributed by atoms with van der Waals surface area (Å²) in [7, 11) is 0. The van der Waals surface area contributed by atoms with Crippen LogP contribution in [0.3, 0.4) is 0 Å². The van der Waals surface area contributed by atoms with E-state index in [0.29, 0.717) is 0 Å². The van der Waals surface area contributed by atoms with Crippen LogP contribution in [0.1, 0.15) is 29.5 Å². The summed E-state index contributed by atoms with van der Waals surface area (Å²) < 4.78 is 0. The third kappa shape index (κ3) is 2.31. The monoisotopic (exact) mass is 317 g/mol. The number of fused-ring (bicyclic) bond motifs is 3. The van der Waals surface area contributed by atoms with E-state index in [1.165, 1.54) is 16.7 Å². The summed E-state index contributed by atoms with van der Waals surface area (Å²) in [6.07, 6.45) is 9.78. The molecule has 3 heterocycles. The number of aliphatic hydroxyl groups is 1. The number of rotatable bonds is 5. The van der Waals surface area contributed by atoms with Gasteiger partial charge in [0.05, 0.1) is 11.4 Å². The number of hydrogen-bond donors (Lipinski definition) is 1. The summed E-state index contributed by atoms with van der Waals surface area (Å²) in [5, 5.41) is 9.46. The molecule has 0 unspecified atom stereocenters. The van der Waals surface area contributed by atoms with E-state index in [2.05, 4.69) is 39.2 Å². The SMILES string of the molecule is OCCCC1(Cc2ccncc2)c2cccnc2-c2ncccc21. The maximum absolute atomic E-state index is 9.46. The Morgan fingerprint density at radius 1 is 0.833 bits per heavy atom. The summed E-state index contributed by atoms with van der Waals surface area (Å²) >= 11 is 0. The molecule has 0 radical (unpaired) electrons. The van der Waals surface area contributed by atoms with Crippen molar-refractivity contribution in [2.75, 3.05) is 6.61 Å². The van der Waals surface area contributed by atoms with Crippen LogP contribution in [0.4, 0.5) is 0 Å². The van der Waals surface area contributed by atoms with Crippen molar-refractivity contribution in [3.05, 3.63) is 77.9 Å². The maximum Gasteiger partial charge on any atom is 0.0930 e. The first-order valence-corrected chi connectivity index (χ1v) is 8.26. The maximum atomic E-state index is 9.46. The zero-order valence-corrected chi connectivity index (χ0v) is 13.4.